The van der Waals surface area contributed by atoms with Gasteiger partial charge in [-0.3, -0.25) is 4.79 Å². The first-order chi connectivity index (χ1) is 14.0. The maximum absolute atomic E-state index is 12.9. The van der Waals surface area contributed by atoms with Crippen LogP contribution in [0.25, 0.3) is 21.1 Å². The van der Waals surface area contributed by atoms with Crippen molar-refractivity contribution in [2.24, 2.45) is 0 Å². The molecule has 0 saturated carbocycles. The van der Waals surface area contributed by atoms with E-state index in [0.29, 0.717) is 32.6 Å². The van der Waals surface area contributed by atoms with E-state index in [4.69, 9.17) is 19.9 Å². The van der Waals surface area contributed by atoms with Gasteiger partial charge in [0.25, 0.3) is 5.91 Å². The van der Waals surface area contributed by atoms with Crippen molar-refractivity contribution < 1.29 is 19.0 Å². The van der Waals surface area contributed by atoms with Crippen LogP contribution in [0, 0.1) is 0 Å². The Morgan fingerprint density at radius 3 is 2.52 bits per heavy atom. The molecule has 148 valence electrons. The van der Waals surface area contributed by atoms with Crippen molar-refractivity contribution in [3.05, 3.63) is 47.3 Å². The largest absolute Gasteiger partial charge is 0.497 e. The summed E-state index contributed by atoms with van der Waals surface area (Å²) in [5.41, 5.74) is 8.05. The van der Waals surface area contributed by atoms with E-state index < -0.39 is 0 Å². The lowest BCUT2D eigenvalue weighted by molar-refractivity contribution is 0.103. The second kappa shape index (κ2) is 7.48. The number of ether oxygens (including phenoxy) is 3. The van der Waals surface area contributed by atoms with Gasteiger partial charge in [0.2, 0.25) is 0 Å². The highest BCUT2D eigenvalue weighted by Gasteiger charge is 2.19. The number of hydrogen-bond acceptors (Lipinski definition) is 7. The van der Waals surface area contributed by atoms with E-state index in [-0.39, 0.29) is 5.91 Å². The lowest BCUT2D eigenvalue weighted by atomic mass is 10.1. The first-order valence-electron chi connectivity index (χ1n) is 8.74. The average molecular weight is 409 g/mol. The van der Waals surface area contributed by atoms with E-state index >= 15 is 0 Å². The van der Waals surface area contributed by atoms with Crippen LogP contribution < -0.4 is 25.3 Å². The number of carbonyl (C=O) groups excluding carboxylic acids is 1. The summed E-state index contributed by atoms with van der Waals surface area (Å²) in [7, 11) is 4.71. The molecular formula is C21H19N3O4S. The van der Waals surface area contributed by atoms with Crippen LogP contribution in [-0.2, 0) is 0 Å². The average Bonchev–Trinajstić information content (AvgIpc) is 3.07. The van der Waals surface area contributed by atoms with E-state index in [9.17, 15) is 4.79 Å². The summed E-state index contributed by atoms with van der Waals surface area (Å²) >= 11 is 1.25. The Morgan fingerprint density at radius 2 is 1.79 bits per heavy atom. The monoisotopic (exact) mass is 409 g/mol. The predicted octanol–water partition coefficient (Wildman–Crippen LogP) is 4.31. The number of thiophene rings is 1. The van der Waals surface area contributed by atoms with Gasteiger partial charge in [-0.25, -0.2) is 4.98 Å². The Kier molecular flexibility index (Phi) is 4.85. The number of amides is 1. The zero-order valence-electron chi connectivity index (χ0n) is 16.1. The Labute approximate surface area is 171 Å². The number of nitrogens with zero attached hydrogens (tertiary/aromatic N) is 1. The molecule has 2 aromatic carbocycles. The molecule has 7 nitrogen and oxygen atoms in total. The number of aromatic nitrogens is 1. The number of pyridine rings is 1. The number of carbonyl (C=O) groups is 1. The highest BCUT2D eigenvalue weighted by Crippen LogP contribution is 2.36. The van der Waals surface area contributed by atoms with E-state index in [1.807, 2.05) is 24.3 Å². The second-order valence-electron chi connectivity index (χ2n) is 6.27. The van der Waals surface area contributed by atoms with Crippen LogP contribution in [0.15, 0.2) is 42.5 Å². The molecule has 0 spiro atoms. The summed E-state index contributed by atoms with van der Waals surface area (Å²) in [4.78, 5) is 18.6. The molecule has 0 aliphatic rings. The molecule has 8 heteroatoms. The molecule has 1 amide bonds. The number of nitrogens with one attached hydrogen (secondary N) is 1. The molecule has 0 saturated heterocycles. The van der Waals surface area contributed by atoms with Crippen molar-refractivity contribution in [1.82, 2.24) is 4.98 Å². The lowest BCUT2D eigenvalue weighted by Gasteiger charge is -2.10. The number of rotatable bonds is 5. The van der Waals surface area contributed by atoms with Gasteiger partial charge >= 0.3 is 0 Å². The fraction of sp³-hybridized carbons (Fsp3) is 0.143. The minimum Gasteiger partial charge on any atom is -0.497 e. The minimum absolute atomic E-state index is 0.306. The summed E-state index contributed by atoms with van der Waals surface area (Å²) in [6.07, 6.45) is 0. The van der Waals surface area contributed by atoms with Gasteiger partial charge in [-0.05, 0) is 30.3 Å². The Bertz CT molecular complexity index is 1240. The first-order valence-corrected chi connectivity index (χ1v) is 9.56. The second-order valence-corrected chi connectivity index (χ2v) is 7.27. The summed E-state index contributed by atoms with van der Waals surface area (Å²) in [6, 6.07) is 12.7. The van der Waals surface area contributed by atoms with Gasteiger partial charge in [0.05, 0.1) is 32.5 Å². The molecule has 3 N–H and O–H groups in total. The minimum atomic E-state index is -0.306. The Morgan fingerprint density at radius 1 is 1.00 bits per heavy atom. The van der Waals surface area contributed by atoms with Crippen LogP contribution >= 0.6 is 11.3 Å². The van der Waals surface area contributed by atoms with Crippen LogP contribution in [0.1, 0.15) is 9.67 Å². The number of methoxy groups -OCH3 is 3. The molecule has 0 fully saturated rings. The van der Waals surface area contributed by atoms with E-state index in [1.54, 1.807) is 39.5 Å². The Hall–Kier alpha value is -3.52. The van der Waals surface area contributed by atoms with Crippen LogP contribution in [0.4, 0.5) is 11.4 Å². The van der Waals surface area contributed by atoms with E-state index in [1.165, 1.54) is 11.3 Å². The summed E-state index contributed by atoms with van der Waals surface area (Å²) in [5, 5.41) is 4.53. The van der Waals surface area contributed by atoms with Gasteiger partial charge in [0, 0.05) is 28.6 Å². The fourth-order valence-corrected chi connectivity index (χ4v) is 4.05. The van der Waals surface area contributed by atoms with Gasteiger partial charge in [0.15, 0.2) is 11.5 Å². The summed E-state index contributed by atoms with van der Waals surface area (Å²) < 4.78 is 15.8. The molecule has 2 aromatic heterocycles. The standard InChI is InChI=1S/C21H19N3O4S/c1-26-13-6-4-11-8-14-18(22)19(29-21(14)24-15(11)10-13)20(25)23-12-5-7-16(27-2)17(9-12)28-3/h4-10H,22H2,1-3H3,(H,23,25). The smallest absolute Gasteiger partial charge is 0.267 e. The van der Waals surface area contributed by atoms with Crippen molar-refractivity contribution >= 4 is 49.7 Å². The van der Waals surface area contributed by atoms with Crippen molar-refractivity contribution in [2.75, 3.05) is 32.4 Å². The third-order valence-corrected chi connectivity index (χ3v) is 5.69. The summed E-state index contributed by atoms with van der Waals surface area (Å²) in [5.74, 6) is 1.52. The topological polar surface area (TPSA) is 95.7 Å². The summed E-state index contributed by atoms with van der Waals surface area (Å²) in [6.45, 7) is 0. The molecule has 0 aliphatic heterocycles. The first kappa shape index (κ1) is 18.8. The zero-order valence-corrected chi connectivity index (χ0v) is 16.9. The Balaban J connectivity index is 1.70. The van der Waals surface area contributed by atoms with Crippen molar-refractivity contribution in [1.29, 1.82) is 0 Å². The van der Waals surface area contributed by atoms with Crippen molar-refractivity contribution in [3.8, 4) is 17.2 Å². The third-order valence-electron chi connectivity index (χ3n) is 4.57. The normalized spacial score (nSPS) is 10.9. The van der Waals surface area contributed by atoms with Crippen molar-refractivity contribution in [3.63, 3.8) is 0 Å². The molecular weight excluding hydrogens is 390 g/mol. The highest BCUT2D eigenvalue weighted by atomic mass is 32.1. The maximum Gasteiger partial charge on any atom is 0.267 e. The van der Waals surface area contributed by atoms with Crippen LogP contribution in [0.5, 0.6) is 17.2 Å². The quantitative estimate of drug-likeness (QED) is 0.510. The number of anilines is 2. The van der Waals surface area contributed by atoms with Crippen LogP contribution in [-0.4, -0.2) is 32.2 Å². The molecule has 4 aromatic rings. The molecule has 2 heterocycles. The van der Waals surface area contributed by atoms with Gasteiger partial charge in [-0.2, -0.15) is 0 Å². The molecule has 0 aliphatic carbocycles. The van der Waals surface area contributed by atoms with Gasteiger partial charge < -0.3 is 25.3 Å². The van der Waals surface area contributed by atoms with E-state index in [2.05, 4.69) is 10.3 Å². The lowest BCUT2D eigenvalue weighted by Crippen LogP contribution is -2.12. The molecule has 29 heavy (non-hydrogen) atoms. The molecule has 0 unspecified atom stereocenters. The van der Waals surface area contributed by atoms with Gasteiger partial charge in [-0.1, -0.05) is 0 Å². The molecule has 4 rings (SSSR count). The third kappa shape index (κ3) is 3.38. The number of benzene rings is 2. The van der Waals surface area contributed by atoms with E-state index in [0.717, 1.165) is 22.0 Å². The van der Waals surface area contributed by atoms with Crippen LogP contribution in [0.2, 0.25) is 0 Å². The number of nitrogen functional groups attached to an aromatic ring is 1. The highest BCUT2D eigenvalue weighted by molar-refractivity contribution is 7.21. The molecule has 0 bridgehead atoms. The van der Waals surface area contributed by atoms with Gasteiger partial charge in [-0.15, -0.1) is 11.3 Å². The number of fused-ring (bicyclic) bond motifs is 2. The molecule has 0 radical (unpaired) electrons. The number of hydrogen-bond donors (Lipinski definition) is 2. The van der Waals surface area contributed by atoms with Crippen LogP contribution in [0.3, 0.4) is 0 Å². The SMILES string of the molecule is COc1ccc2cc3c(N)c(C(=O)Nc4ccc(OC)c(OC)c4)sc3nc2c1. The number of nitrogens with two attached hydrogens (primary N) is 1. The fourth-order valence-electron chi connectivity index (χ4n) is 3.07. The van der Waals surface area contributed by atoms with Crippen molar-refractivity contribution in [2.45, 2.75) is 0 Å². The maximum atomic E-state index is 12.9. The predicted molar refractivity (Wildman–Crippen MR) is 116 cm³/mol. The van der Waals surface area contributed by atoms with Gasteiger partial charge in [0.1, 0.15) is 15.5 Å². The molecule has 0 atom stereocenters. The zero-order chi connectivity index (χ0) is 20.5.